The summed E-state index contributed by atoms with van der Waals surface area (Å²) in [5.74, 6) is 1.71. The molecule has 0 saturated carbocycles. The lowest BCUT2D eigenvalue weighted by atomic mass is 9.82. The van der Waals surface area contributed by atoms with Gasteiger partial charge in [-0.3, -0.25) is 0 Å². The predicted molar refractivity (Wildman–Crippen MR) is 287 cm³/mol. The highest BCUT2D eigenvalue weighted by molar-refractivity contribution is 5.87. The molecule has 1 aromatic heterocycles. The van der Waals surface area contributed by atoms with E-state index in [9.17, 15) is 0 Å². The first-order chi connectivity index (χ1) is 32.5. The average Bonchev–Trinajstić information content (AvgIpc) is 3.92. The van der Waals surface area contributed by atoms with Gasteiger partial charge in [-0.05, 0) is 112 Å². The molecular weight excluding hydrogens is 813 g/mol. The summed E-state index contributed by atoms with van der Waals surface area (Å²) >= 11 is 0. The lowest BCUT2D eigenvalue weighted by Gasteiger charge is -2.23. The molecule has 0 saturated heterocycles. The summed E-state index contributed by atoms with van der Waals surface area (Å²) in [6, 6.07) is 58.2. The van der Waals surface area contributed by atoms with Crippen molar-refractivity contribution < 1.29 is 4.42 Å². The predicted octanol–water partition coefficient (Wildman–Crippen LogP) is 17.5. The van der Waals surface area contributed by atoms with Gasteiger partial charge >= 0.3 is 0 Å². The van der Waals surface area contributed by atoms with Gasteiger partial charge in [-0.25, -0.2) is 0 Å². The van der Waals surface area contributed by atoms with E-state index in [2.05, 4.69) is 223 Å². The highest BCUT2D eigenvalue weighted by Crippen LogP contribution is 2.51. The molecule has 0 amide bonds. The van der Waals surface area contributed by atoms with Gasteiger partial charge in [0.2, 0.25) is 0 Å². The van der Waals surface area contributed by atoms with Crippen molar-refractivity contribution in [3.8, 4) is 44.9 Å². The fourth-order valence-electron chi connectivity index (χ4n) is 10.1. The molecule has 0 bridgehead atoms. The zero-order valence-corrected chi connectivity index (χ0v) is 39.7. The van der Waals surface area contributed by atoms with Gasteiger partial charge in [0.25, 0.3) is 0 Å². The molecule has 332 valence electrons. The van der Waals surface area contributed by atoms with E-state index in [0.717, 1.165) is 51.6 Å². The highest BCUT2D eigenvalue weighted by atomic mass is 16.3. The Balaban J connectivity index is 0.000000126. The van der Waals surface area contributed by atoms with E-state index in [1.54, 1.807) is 0 Å². The number of allylic oxidation sites excluding steroid dienone is 2. The molecule has 0 fully saturated rings. The molecule has 3 nitrogen and oxygen atoms in total. The smallest absolute Gasteiger partial charge is 0.142 e. The van der Waals surface area contributed by atoms with E-state index in [4.69, 9.17) is 4.42 Å². The summed E-state index contributed by atoms with van der Waals surface area (Å²) in [5, 5.41) is 7.14. The molecule has 11 rings (SSSR count). The molecule has 8 aromatic rings. The minimum atomic E-state index is 0.0559. The number of para-hydroxylation sites is 1. The van der Waals surface area contributed by atoms with Gasteiger partial charge in [0, 0.05) is 56.2 Å². The van der Waals surface area contributed by atoms with Crippen LogP contribution in [0.1, 0.15) is 78.6 Å². The molecule has 0 aliphatic heterocycles. The number of furan rings is 1. The molecule has 7 aromatic carbocycles. The third-order valence-corrected chi connectivity index (χ3v) is 13.7. The zero-order valence-electron chi connectivity index (χ0n) is 39.7. The summed E-state index contributed by atoms with van der Waals surface area (Å²) in [5.41, 5.74) is 21.3. The van der Waals surface area contributed by atoms with Crippen molar-refractivity contribution in [1.29, 1.82) is 0 Å². The first-order valence-corrected chi connectivity index (χ1v) is 23.4. The van der Waals surface area contributed by atoms with Crippen molar-refractivity contribution in [2.75, 3.05) is 10.6 Å². The number of aryl methyl sites for hydroxylation is 2. The minimum absolute atomic E-state index is 0.0559. The SMILES string of the molecule is C=Cc1c(-c2ccccc2C)oc(-c2ccccc2C)c1C=C.CC1(C)c2ccccc2-c2ccc(NC3C=CC=CC3)cc21.CC1(C)c2ccccc2-c2ccc(Nc3ccccc3)cc21. The van der Waals surface area contributed by atoms with E-state index in [0.29, 0.717) is 6.04 Å². The third-order valence-electron chi connectivity index (χ3n) is 13.7. The standard InChI is InChI=1S/C22H20O.C21H21N.C21H19N/c1-5-17-18(6-2)22(20-14-10-8-12-16(20)4)23-21(17)19-13-9-7-11-15(19)3;2*1-21(2)19-11-7-6-10-17(19)18-13-12-16(14-20(18)21)22-15-8-4-3-5-9-15/h5-14H,1-2H2,3-4H3;3-8,10-15,22H,9H2,1-2H3;3-14,22H,1-2H3. The third kappa shape index (κ3) is 8.66. The number of benzene rings is 7. The summed E-state index contributed by atoms with van der Waals surface area (Å²) in [6.45, 7) is 21.4. The highest BCUT2D eigenvalue weighted by Gasteiger charge is 2.36. The molecule has 1 unspecified atom stereocenters. The first-order valence-electron chi connectivity index (χ1n) is 23.4. The number of hydrogen-bond acceptors (Lipinski definition) is 3. The van der Waals surface area contributed by atoms with Crippen LogP contribution < -0.4 is 10.6 Å². The Kier molecular flexibility index (Phi) is 12.4. The van der Waals surface area contributed by atoms with E-state index in [1.807, 2.05) is 42.5 Å². The Bertz CT molecular complexity index is 3100. The quantitative estimate of drug-likeness (QED) is 0.160. The maximum Gasteiger partial charge on any atom is 0.142 e. The minimum Gasteiger partial charge on any atom is -0.455 e. The van der Waals surface area contributed by atoms with Crippen molar-refractivity contribution >= 4 is 29.2 Å². The largest absolute Gasteiger partial charge is 0.455 e. The normalized spacial score (nSPS) is 15.0. The summed E-state index contributed by atoms with van der Waals surface area (Å²) in [6.07, 6.45) is 13.4. The molecule has 3 aliphatic rings. The number of nitrogens with one attached hydrogen (secondary N) is 2. The monoisotopic (exact) mass is 872 g/mol. The van der Waals surface area contributed by atoms with Crippen molar-refractivity contribution in [1.82, 2.24) is 0 Å². The Labute approximate surface area is 398 Å². The van der Waals surface area contributed by atoms with Crippen LogP contribution in [0.25, 0.3) is 57.1 Å². The molecule has 3 heteroatoms. The van der Waals surface area contributed by atoms with Gasteiger partial charge < -0.3 is 15.1 Å². The van der Waals surface area contributed by atoms with Crippen LogP contribution in [0.5, 0.6) is 0 Å². The summed E-state index contributed by atoms with van der Waals surface area (Å²) < 4.78 is 6.32. The lowest BCUT2D eigenvalue weighted by molar-refractivity contribution is 0.595. The first kappa shape index (κ1) is 44.6. The van der Waals surface area contributed by atoms with Crippen molar-refractivity contribution in [2.45, 2.75) is 64.8 Å². The number of rotatable bonds is 8. The number of hydrogen-bond donors (Lipinski definition) is 2. The van der Waals surface area contributed by atoms with Crippen LogP contribution in [0, 0.1) is 13.8 Å². The Morgan fingerprint density at radius 3 is 1.42 bits per heavy atom. The van der Waals surface area contributed by atoms with Crippen LogP contribution in [0.15, 0.2) is 206 Å². The topological polar surface area (TPSA) is 37.2 Å². The van der Waals surface area contributed by atoms with Crippen molar-refractivity contribution in [3.63, 3.8) is 0 Å². The van der Waals surface area contributed by atoms with Gasteiger partial charge in [-0.1, -0.05) is 205 Å². The van der Waals surface area contributed by atoms with E-state index >= 15 is 0 Å². The molecule has 1 heterocycles. The molecule has 1 atom stereocenters. The molecule has 2 N–H and O–H groups in total. The maximum absolute atomic E-state index is 6.32. The second kappa shape index (κ2) is 18.7. The van der Waals surface area contributed by atoms with Crippen LogP contribution >= 0.6 is 0 Å². The van der Waals surface area contributed by atoms with Gasteiger partial charge in [-0.15, -0.1) is 0 Å². The van der Waals surface area contributed by atoms with Crippen LogP contribution in [0.4, 0.5) is 17.1 Å². The zero-order chi connectivity index (χ0) is 46.7. The molecule has 0 radical (unpaired) electrons. The Morgan fingerprint density at radius 1 is 0.478 bits per heavy atom. The molecule has 3 aliphatic carbocycles. The average molecular weight is 873 g/mol. The van der Waals surface area contributed by atoms with Crippen molar-refractivity contribution in [3.05, 3.63) is 246 Å². The number of fused-ring (bicyclic) bond motifs is 6. The van der Waals surface area contributed by atoms with E-state index < -0.39 is 0 Å². The lowest BCUT2D eigenvalue weighted by Crippen LogP contribution is -2.18. The Hall–Kier alpha value is -7.62. The molecule has 0 spiro atoms. The molecule has 67 heavy (non-hydrogen) atoms. The van der Waals surface area contributed by atoms with Crippen molar-refractivity contribution in [2.24, 2.45) is 0 Å². The van der Waals surface area contributed by atoms with Gasteiger partial charge in [-0.2, -0.15) is 0 Å². The van der Waals surface area contributed by atoms with E-state index in [1.165, 1.54) is 61.3 Å². The second-order valence-electron chi connectivity index (χ2n) is 18.8. The fraction of sp³-hybridized carbons (Fsp3) is 0.156. The van der Waals surface area contributed by atoms with Crippen LogP contribution in [-0.4, -0.2) is 6.04 Å². The maximum atomic E-state index is 6.32. The van der Waals surface area contributed by atoms with Crippen LogP contribution in [0.3, 0.4) is 0 Å². The van der Waals surface area contributed by atoms with Gasteiger partial charge in [0.05, 0.1) is 0 Å². The van der Waals surface area contributed by atoms with Crippen LogP contribution in [-0.2, 0) is 10.8 Å². The van der Waals surface area contributed by atoms with Gasteiger partial charge in [0.1, 0.15) is 11.5 Å². The summed E-state index contributed by atoms with van der Waals surface area (Å²) in [4.78, 5) is 0. The van der Waals surface area contributed by atoms with E-state index in [-0.39, 0.29) is 10.8 Å². The van der Waals surface area contributed by atoms with Gasteiger partial charge in [0.15, 0.2) is 0 Å². The fourth-order valence-corrected chi connectivity index (χ4v) is 10.1. The molecular formula is C64H60N2O. The number of anilines is 3. The summed E-state index contributed by atoms with van der Waals surface area (Å²) in [7, 11) is 0. The second-order valence-corrected chi connectivity index (χ2v) is 18.8. The Morgan fingerprint density at radius 2 is 0.925 bits per heavy atom. The van der Waals surface area contributed by atoms with Crippen LogP contribution in [0.2, 0.25) is 0 Å².